The normalized spacial score (nSPS) is 12.2. The Bertz CT molecular complexity index is 690. The van der Waals surface area contributed by atoms with Gasteiger partial charge in [0, 0.05) is 4.70 Å². The van der Waals surface area contributed by atoms with Gasteiger partial charge < -0.3 is 5.73 Å². The van der Waals surface area contributed by atoms with Gasteiger partial charge in [0.25, 0.3) is 0 Å². The molecule has 0 spiro atoms. The topological polar surface area (TPSA) is 56.7 Å². The van der Waals surface area contributed by atoms with Crippen molar-refractivity contribution in [2.24, 2.45) is 5.73 Å². The molecule has 18 heavy (non-hydrogen) atoms. The largest absolute Gasteiger partial charge is 0.320 e. The molecule has 0 fully saturated rings. The van der Waals surface area contributed by atoms with E-state index >= 15 is 0 Å². The van der Waals surface area contributed by atoms with Gasteiger partial charge in [0.05, 0.1) is 17.4 Å². The smallest absolute Gasteiger partial charge is 0.102 e. The zero-order chi connectivity index (χ0) is 12.8. The zero-order valence-corrected chi connectivity index (χ0v) is 11.1. The molecule has 0 saturated carbocycles. The molecule has 2 aromatic heterocycles. The van der Waals surface area contributed by atoms with Gasteiger partial charge in [-0.3, -0.25) is 0 Å². The molecule has 2 heterocycles. The number of fused-ring (bicyclic) bond motifs is 1. The molecule has 0 atom stereocenters. The molecule has 2 N–H and O–H groups in total. The third kappa shape index (κ3) is 1.91. The predicted molar refractivity (Wildman–Crippen MR) is 74.0 cm³/mol. The SMILES string of the molecule is CC(C)(N)c1cn(-c2ccc3sccc3c2)nn1. The number of benzene rings is 1. The van der Waals surface area contributed by atoms with Gasteiger partial charge in [-0.25, -0.2) is 4.68 Å². The van der Waals surface area contributed by atoms with Crippen molar-refractivity contribution in [3.63, 3.8) is 0 Å². The number of thiophene rings is 1. The highest BCUT2D eigenvalue weighted by molar-refractivity contribution is 7.17. The first-order valence-electron chi connectivity index (χ1n) is 5.73. The Morgan fingerprint density at radius 3 is 2.83 bits per heavy atom. The summed E-state index contributed by atoms with van der Waals surface area (Å²) in [5.74, 6) is 0. The summed E-state index contributed by atoms with van der Waals surface area (Å²) in [5.41, 5.74) is 7.33. The molecule has 0 aliphatic rings. The molecule has 0 bridgehead atoms. The van der Waals surface area contributed by atoms with E-state index in [2.05, 4.69) is 33.9 Å². The second-order valence-electron chi connectivity index (χ2n) is 4.91. The van der Waals surface area contributed by atoms with Crippen molar-refractivity contribution in [1.29, 1.82) is 0 Å². The first-order valence-corrected chi connectivity index (χ1v) is 6.61. The maximum Gasteiger partial charge on any atom is 0.102 e. The van der Waals surface area contributed by atoms with Crippen LogP contribution in [0.3, 0.4) is 0 Å². The quantitative estimate of drug-likeness (QED) is 0.769. The predicted octanol–water partition coefficient (Wildman–Crippen LogP) is 2.68. The maximum atomic E-state index is 6.01. The molecule has 0 unspecified atom stereocenters. The Labute approximate surface area is 109 Å². The number of aromatic nitrogens is 3. The third-order valence-corrected chi connectivity index (χ3v) is 3.75. The van der Waals surface area contributed by atoms with Gasteiger partial charge >= 0.3 is 0 Å². The summed E-state index contributed by atoms with van der Waals surface area (Å²) in [4.78, 5) is 0. The van der Waals surface area contributed by atoms with Gasteiger partial charge in [0.15, 0.2) is 0 Å². The average Bonchev–Trinajstić information content (AvgIpc) is 2.96. The first kappa shape index (κ1) is 11.4. The fourth-order valence-electron chi connectivity index (χ4n) is 1.78. The van der Waals surface area contributed by atoms with E-state index in [1.165, 1.54) is 10.1 Å². The number of nitrogens with zero attached hydrogens (tertiary/aromatic N) is 3. The molecule has 3 rings (SSSR count). The monoisotopic (exact) mass is 258 g/mol. The Balaban J connectivity index is 2.06. The van der Waals surface area contributed by atoms with Crippen molar-refractivity contribution < 1.29 is 0 Å². The maximum absolute atomic E-state index is 6.01. The zero-order valence-electron chi connectivity index (χ0n) is 10.3. The first-order chi connectivity index (χ1) is 8.54. The molecule has 92 valence electrons. The Kier molecular flexibility index (Phi) is 2.46. The Morgan fingerprint density at radius 2 is 2.11 bits per heavy atom. The van der Waals surface area contributed by atoms with Crippen molar-refractivity contribution >= 4 is 21.4 Å². The lowest BCUT2D eigenvalue weighted by molar-refractivity contribution is 0.533. The minimum Gasteiger partial charge on any atom is -0.320 e. The van der Waals surface area contributed by atoms with Gasteiger partial charge in [0.2, 0.25) is 0 Å². The molecule has 5 heteroatoms. The highest BCUT2D eigenvalue weighted by atomic mass is 32.1. The summed E-state index contributed by atoms with van der Waals surface area (Å²) < 4.78 is 3.04. The summed E-state index contributed by atoms with van der Waals surface area (Å²) in [5, 5.41) is 11.6. The van der Waals surface area contributed by atoms with Crippen LogP contribution < -0.4 is 5.73 Å². The molecule has 1 aromatic carbocycles. The van der Waals surface area contributed by atoms with Crippen LogP contribution in [0, 0.1) is 0 Å². The van der Waals surface area contributed by atoms with Crippen LogP contribution in [0.25, 0.3) is 15.8 Å². The van der Waals surface area contributed by atoms with E-state index in [4.69, 9.17) is 5.73 Å². The molecule has 4 nitrogen and oxygen atoms in total. The fraction of sp³-hybridized carbons (Fsp3) is 0.231. The number of hydrogen-bond donors (Lipinski definition) is 1. The van der Waals surface area contributed by atoms with Crippen LogP contribution in [0.5, 0.6) is 0 Å². The Morgan fingerprint density at radius 1 is 1.28 bits per heavy atom. The summed E-state index contributed by atoms with van der Waals surface area (Å²) in [6.07, 6.45) is 1.88. The highest BCUT2D eigenvalue weighted by Gasteiger charge is 2.18. The second-order valence-corrected chi connectivity index (χ2v) is 5.86. The number of hydrogen-bond acceptors (Lipinski definition) is 4. The van der Waals surface area contributed by atoms with Crippen molar-refractivity contribution in [3.8, 4) is 5.69 Å². The van der Waals surface area contributed by atoms with Gasteiger partial charge in [-0.15, -0.1) is 16.4 Å². The van der Waals surface area contributed by atoms with E-state index in [1.807, 2.05) is 26.1 Å². The van der Waals surface area contributed by atoms with Crippen LogP contribution >= 0.6 is 11.3 Å². The van der Waals surface area contributed by atoms with Crippen molar-refractivity contribution in [3.05, 3.63) is 41.5 Å². The minimum atomic E-state index is -0.468. The summed E-state index contributed by atoms with van der Waals surface area (Å²) >= 11 is 1.74. The summed E-state index contributed by atoms with van der Waals surface area (Å²) in [6.45, 7) is 3.84. The lowest BCUT2D eigenvalue weighted by Gasteiger charge is -2.13. The van der Waals surface area contributed by atoms with Crippen LogP contribution in [0.1, 0.15) is 19.5 Å². The summed E-state index contributed by atoms with van der Waals surface area (Å²) in [6, 6.07) is 8.35. The second kappa shape index (κ2) is 3.90. The van der Waals surface area contributed by atoms with Crippen molar-refractivity contribution in [2.45, 2.75) is 19.4 Å². The summed E-state index contributed by atoms with van der Waals surface area (Å²) in [7, 11) is 0. The van der Waals surface area contributed by atoms with E-state index in [9.17, 15) is 0 Å². The van der Waals surface area contributed by atoms with Crippen LogP contribution in [0.4, 0.5) is 0 Å². The van der Waals surface area contributed by atoms with Gasteiger partial charge in [0.1, 0.15) is 5.69 Å². The molecule has 0 aliphatic heterocycles. The minimum absolute atomic E-state index is 0.468. The number of nitrogens with two attached hydrogens (primary N) is 1. The lowest BCUT2D eigenvalue weighted by atomic mass is 10.0. The molecular weight excluding hydrogens is 244 g/mol. The van der Waals surface area contributed by atoms with E-state index in [0.717, 1.165) is 11.4 Å². The molecule has 0 radical (unpaired) electrons. The molecular formula is C13H14N4S. The van der Waals surface area contributed by atoms with E-state index in [1.54, 1.807) is 16.0 Å². The lowest BCUT2D eigenvalue weighted by Crippen LogP contribution is -2.29. The van der Waals surface area contributed by atoms with Crippen LogP contribution in [0.2, 0.25) is 0 Å². The molecule has 0 saturated heterocycles. The van der Waals surface area contributed by atoms with E-state index in [-0.39, 0.29) is 0 Å². The van der Waals surface area contributed by atoms with Crippen molar-refractivity contribution in [2.75, 3.05) is 0 Å². The van der Waals surface area contributed by atoms with E-state index in [0.29, 0.717) is 0 Å². The molecule has 3 aromatic rings. The van der Waals surface area contributed by atoms with Crippen molar-refractivity contribution in [1.82, 2.24) is 15.0 Å². The molecule has 0 aliphatic carbocycles. The molecule has 0 amide bonds. The Hall–Kier alpha value is -1.72. The average molecular weight is 258 g/mol. The van der Waals surface area contributed by atoms with Crippen LogP contribution in [-0.4, -0.2) is 15.0 Å². The van der Waals surface area contributed by atoms with Gasteiger partial charge in [-0.05, 0) is 48.9 Å². The third-order valence-electron chi connectivity index (χ3n) is 2.85. The van der Waals surface area contributed by atoms with Crippen LogP contribution in [-0.2, 0) is 5.54 Å². The van der Waals surface area contributed by atoms with Gasteiger partial charge in [-0.1, -0.05) is 5.21 Å². The standard InChI is InChI=1S/C13H14N4S/c1-13(2,14)12-8-17(16-15-12)10-3-4-11-9(7-10)5-6-18-11/h3-8H,14H2,1-2H3. The van der Waals surface area contributed by atoms with Crippen LogP contribution in [0.15, 0.2) is 35.8 Å². The highest BCUT2D eigenvalue weighted by Crippen LogP contribution is 2.23. The number of rotatable bonds is 2. The van der Waals surface area contributed by atoms with E-state index < -0.39 is 5.54 Å². The van der Waals surface area contributed by atoms with Gasteiger partial charge in [-0.2, -0.15) is 0 Å². The fourth-order valence-corrected chi connectivity index (χ4v) is 2.55.